The first-order valence-corrected chi connectivity index (χ1v) is 8.49. The molecule has 0 aliphatic carbocycles. The van der Waals surface area contributed by atoms with Crippen LogP contribution in [0.2, 0.25) is 0 Å². The lowest BCUT2D eigenvalue weighted by molar-refractivity contribution is 0.0698. The van der Waals surface area contributed by atoms with E-state index in [0.29, 0.717) is 32.3 Å². The van der Waals surface area contributed by atoms with Gasteiger partial charge in [-0.05, 0) is 37.1 Å². The van der Waals surface area contributed by atoms with Crippen molar-refractivity contribution >= 4 is 21.9 Å². The van der Waals surface area contributed by atoms with Crippen molar-refractivity contribution in [3.63, 3.8) is 0 Å². The smallest absolute Gasteiger partial charge is 0.191 e. The van der Waals surface area contributed by atoms with Crippen LogP contribution < -0.4 is 10.6 Å². The first kappa shape index (κ1) is 19.9. The van der Waals surface area contributed by atoms with E-state index in [1.165, 1.54) is 12.1 Å². The number of benzene rings is 1. The molecule has 1 aromatic rings. The van der Waals surface area contributed by atoms with E-state index in [1.54, 1.807) is 13.2 Å². The molecule has 0 aromatic heterocycles. The van der Waals surface area contributed by atoms with Crippen molar-refractivity contribution in [3.05, 3.63) is 34.1 Å². The second-order valence-electron chi connectivity index (χ2n) is 4.82. The van der Waals surface area contributed by atoms with Crippen molar-refractivity contribution in [2.75, 3.05) is 40.0 Å². The highest BCUT2D eigenvalue weighted by atomic mass is 79.9. The van der Waals surface area contributed by atoms with E-state index in [1.807, 2.05) is 6.92 Å². The van der Waals surface area contributed by atoms with Crippen molar-refractivity contribution in [2.45, 2.75) is 19.9 Å². The summed E-state index contributed by atoms with van der Waals surface area (Å²) in [4.78, 5) is 4.47. The van der Waals surface area contributed by atoms with Gasteiger partial charge in [-0.2, -0.15) is 0 Å². The van der Waals surface area contributed by atoms with Gasteiger partial charge in [-0.1, -0.05) is 15.9 Å². The van der Waals surface area contributed by atoms with Gasteiger partial charge in [-0.25, -0.2) is 9.38 Å². The predicted octanol–water partition coefficient (Wildman–Crippen LogP) is 2.70. The standard InChI is InChI=1S/C16H25BrFN3O2/c1-3-19-16(20-7-4-8-23-10-9-22-2)21-12-13-11-14(18)5-6-15(13)17/h5-6,11H,3-4,7-10,12H2,1-2H3,(H2,19,20,21). The van der Waals surface area contributed by atoms with Crippen LogP contribution in [0.5, 0.6) is 0 Å². The van der Waals surface area contributed by atoms with E-state index in [2.05, 4.69) is 31.6 Å². The van der Waals surface area contributed by atoms with Gasteiger partial charge in [0.1, 0.15) is 5.82 Å². The number of guanidine groups is 1. The Kier molecular flexibility index (Phi) is 10.6. The fourth-order valence-electron chi connectivity index (χ4n) is 1.80. The Bertz CT molecular complexity index is 486. The highest BCUT2D eigenvalue weighted by Gasteiger charge is 2.02. The minimum atomic E-state index is -0.260. The van der Waals surface area contributed by atoms with Gasteiger partial charge in [-0.3, -0.25) is 0 Å². The summed E-state index contributed by atoms with van der Waals surface area (Å²) in [7, 11) is 1.65. The zero-order valence-electron chi connectivity index (χ0n) is 13.7. The van der Waals surface area contributed by atoms with Crippen molar-refractivity contribution in [1.82, 2.24) is 10.6 Å². The van der Waals surface area contributed by atoms with Gasteiger partial charge in [0.25, 0.3) is 0 Å². The number of aliphatic imine (C=N–C) groups is 1. The van der Waals surface area contributed by atoms with Crippen LogP contribution in [0.3, 0.4) is 0 Å². The van der Waals surface area contributed by atoms with Crippen LogP contribution in [-0.2, 0) is 16.0 Å². The van der Waals surface area contributed by atoms with Crippen molar-refractivity contribution in [2.24, 2.45) is 4.99 Å². The van der Waals surface area contributed by atoms with Gasteiger partial charge in [0.15, 0.2) is 5.96 Å². The predicted molar refractivity (Wildman–Crippen MR) is 94.2 cm³/mol. The molecule has 5 nitrogen and oxygen atoms in total. The van der Waals surface area contributed by atoms with Gasteiger partial charge in [-0.15, -0.1) is 0 Å². The number of hydrogen-bond acceptors (Lipinski definition) is 3. The molecule has 0 aliphatic heterocycles. The summed E-state index contributed by atoms with van der Waals surface area (Å²) in [5.74, 6) is 0.449. The van der Waals surface area contributed by atoms with E-state index >= 15 is 0 Å². The molecule has 23 heavy (non-hydrogen) atoms. The zero-order valence-corrected chi connectivity index (χ0v) is 15.3. The summed E-state index contributed by atoms with van der Waals surface area (Å²) in [5.41, 5.74) is 0.810. The third kappa shape index (κ3) is 8.88. The molecule has 0 fully saturated rings. The topological polar surface area (TPSA) is 54.9 Å². The molecule has 0 aliphatic rings. The number of rotatable bonds is 10. The Morgan fingerprint density at radius 3 is 2.83 bits per heavy atom. The van der Waals surface area contributed by atoms with Gasteiger partial charge < -0.3 is 20.1 Å². The number of halogens is 2. The lowest BCUT2D eigenvalue weighted by atomic mass is 10.2. The molecule has 0 atom stereocenters. The third-order valence-corrected chi connectivity index (χ3v) is 3.72. The van der Waals surface area contributed by atoms with Crippen LogP contribution in [0.25, 0.3) is 0 Å². The zero-order chi connectivity index (χ0) is 16.9. The Balaban J connectivity index is 2.39. The monoisotopic (exact) mass is 389 g/mol. The van der Waals surface area contributed by atoms with Gasteiger partial charge in [0, 0.05) is 31.3 Å². The van der Waals surface area contributed by atoms with Crippen molar-refractivity contribution in [1.29, 1.82) is 0 Å². The number of nitrogens with zero attached hydrogens (tertiary/aromatic N) is 1. The molecular weight excluding hydrogens is 365 g/mol. The fraction of sp³-hybridized carbons (Fsp3) is 0.562. The summed E-state index contributed by atoms with van der Waals surface area (Å²) >= 11 is 3.41. The average Bonchev–Trinajstić information content (AvgIpc) is 2.54. The minimum absolute atomic E-state index is 0.260. The Morgan fingerprint density at radius 2 is 2.09 bits per heavy atom. The third-order valence-electron chi connectivity index (χ3n) is 2.95. The Labute approximate surface area is 145 Å². The van der Waals surface area contributed by atoms with Crippen molar-refractivity contribution < 1.29 is 13.9 Å². The molecule has 0 radical (unpaired) electrons. The van der Waals surface area contributed by atoms with Crippen LogP contribution in [0.1, 0.15) is 18.9 Å². The molecule has 0 unspecified atom stereocenters. The second kappa shape index (κ2) is 12.3. The molecule has 1 aromatic carbocycles. The highest BCUT2D eigenvalue weighted by molar-refractivity contribution is 9.10. The van der Waals surface area contributed by atoms with Crippen LogP contribution >= 0.6 is 15.9 Å². The Hall–Kier alpha value is -1.18. The van der Waals surface area contributed by atoms with Crippen LogP contribution in [0.4, 0.5) is 4.39 Å². The molecular formula is C16H25BrFN3O2. The number of nitrogens with one attached hydrogen (secondary N) is 2. The molecule has 7 heteroatoms. The quantitative estimate of drug-likeness (QED) is 0.367. The molecule has 0 heterocycles. The minimum Gasteiger partial charge on any atom is -0.382 e. The molecule has 1 rings (SSSR count). The fourth-order valence-corrected chi connectivity index (χ4v) is 2.17. The molecule has 0 amide bonds. The van der Waals surface area contributed by atoms with E-state index in [-0.39, 0.29) is 5.82 Å². The molecule has 0 saturated heterocycles. The van der Waals surface area contributed by atoms with Gasteiger partial charge in [0.05, 0.1) is 19.8 Å². The van der Waals surface area contributed by atoms with E-state index in [9.17, 15) is 4.39 Å². The number of hydrogen-bond donors (Lipinski definition) is 2. The van der Waals surface area contributed by atoms with Crippen LogP contribution in [0, 0.1) is 5.82 Å². The normalized spacial score (nSPS) is 11.6. The van der Waals surface area contributed by atoms with Gasteiger partial charge >= 0.3 is 0 Å². The maximum atomic E-state index is 13.3. The van der Waals surface area contributed by atoms with Crippen LogP contribution in [-0.4, -0.2) is 46.0 Å². The van der Waals surface area contributed by atoms with Gasteiger partial charge in [0.2, 0.25) is 0 Å². The lowest BCUT2D eigenvalue weighted by Gasteiger charge is -2.12. The summed E-state index contributed by atoms with van der Waals surface area (Å²) in [6.45, 7) is 5.81. The van der Waals surface area contributed by atoms with E-state index < -0.39 is 0 Å². The molecule has 2 N–H and O–H groups in total. The largest absolute Gasteiger partial charge is 0.382 e. The summed E-state index contributed by atoms with van der Waals surface area (Å²) in [5, 5.41) is 6.40. The highest BCUT2D eigenvalue weighted by Crippen LogP contribution is 2.18. The Morgan fingerprint density at radius 1 is 1.26 bits per heavy atom. The molecule has 0 saturated carbocycles. The van der Waals surface area contributed by atoms with Crippen molar-refractivity contribution in [3.8, 4) is 0 Å². The number of ether oxygens (including phenoxy) is 2. The molecule has 0 spiro atoms. The first-order chi connectivity index (χ1) is 11.2. The molecule has 130 valence electrons. The van der Waals surface area contributed by atoms with E-state index in [4.69, 9.17) is 9.47 Å². The first-order valence-electron chi connectivity index (χ1n) is 7.70. The average molecular weight is 390 g/mol. The maximum Gasteiger partial charge on any atom is 0.191 e. The SMILES string of the molecule is CCNC(=NCc1cc(F)ccc1Br)NCCCOCCOC. The van der Waals surface area contributed by atoms with E-state index in [0.717, 1.165) is 29.5 Å². The summed E-state index contributed by atoms with van der Waals surface area (Å²) < 4.78 is 24.4. The van der Waals surface area contributed by atoms with Crippen LogP contribution in [0.15, 0.2) is 27.7 Å². The lowest BCUT2D eigenvalue weighted by Crippen LogP contribution is -2.38. The summed E-state index contributed by atoms with van der Waals surface area (Å²) in [6, 6.07) is 4.60. The summed E-state index contributed by atoms with van der Waals surface area (Å²) in [6.07, 6.45) is 0.873. The molecule has 0 bridgehead atoms. The maximum absolute atomic E-state index is 13.3. The second-order valence-corrected chi connectivity index (χ2v) is 5.67. The number of methoxy groups -OCH3 is 1.